The first-order valence-electron chi connectivity index (χ1n) is 6.80. The topological polar surface area (TPSA) is 50.4 Å². The summed E-state index contributed by atoms with van der Waals surface area (Å²) < 4.78 is 5.34. The Bertz CT molecular complexity index is 592. The van der Waals surface area contributed by atoms with Gasteiger partial charge in [0.2, 0.25) is 0 Å². The largest absolute Gasteiger partial charge is 0.494 e. The van der Waals surface area contributed by atoms with Gasteiger partial charge in [-0.2, -0.15) is 0 Å². The number of benzene rings is 2. The second kappa shape index (κ2) is 7.75. The summed E-state index contributed by atoms with van der Waals surface area (Å²) in [5.74, 6) is 0.785. The molecule has 0 unspecified atom stereocenters. The molecule has 4 nitrogen and oxygen atoms in total. The zero-order valence-corrected chi connectivity index (χ0v) is 11.9. The van der Waals surface area contributed by atoms with Gasteiger partial charge >= 0.3 is 6.03 Å². The maximum atomic E-state index is 11.7. The minimum atomic E-state index is -0.286. The molecule has 2 aromatic rings. The lowest BCUT2D eigenvalue weighted by Crippen LogP contribution is -2.23. The number of carbonyl (C=O) groups excluding carboxylic acids is 1. The number of anilines is 1. The van der Waals surface area contributed by atoms with Crippen LogP contribution in [0.15, 0.2) is 60.8 Å². The molecule has 0 saturated heterocycles. The molecule has 2 aromatic carbocycles. The highest BCUT2D eigenvalue weighted by Gasteiger charge is 1.99. The zero-order chi connectivity index (χ0) is 14.9. The minimum absolute atomic E-state index is 0.286. The molecule has 0 aliphatic heterocycles. The van der Waals surface area contributed by atoms with Crippen molar-refractivity contribution in [1.82, 2.24) is 5.32 Å². The van der Waals surface area contributed by atoms with Gasteiger partial charge in [0.25, 0.3) is 0 Å². The molecule has 2 rings (SSSR count). The highest BCUT2D eigenvalue weighted by atomic mass is 16.5. The number of ether oxygens (including phenoxy) is 1. The van der Waals surface area contributed by atoms with E-state index in [0.717, 1.165) is 11.3 Å². The van der Waals surface area contributed by atoms with E-state index in [4.69, 9.17) is 4.74 Å². The molecule has 2 amide bonds. The highest BCUT2D eigenvalue weighted by Crippen LogP contribution is 2.15. The maximum Gasteiger partial charge on any atom is 0.323 e. The summed E-state index contributed by atoms with van der Waals surface area (Å²) in [6.45, 7) is 2.55. The molecule has 0 bridgehead atoms. The lowest BCUT2D eigenvalue weighted by molar-refractivity contribution is 0.255. The fourth-order valence-corrected chi connectivity index (χ4v) is 1.75. The van der Waals surface area contributed by atoms with Crippen molar-refractivity contribution in [2.24, 2.45) is 0 Å². The predicted octanol–water partition coefficient (Wildman–Crippen LogP) is 3.88. The molecular formula is C17H18N2O2. The first-order valence-corrected chi connectivity index (χ1v) is 6.80. The van der Waals surface area contributed by atoms with Gasteiger partial charge in [0.15, 0.2) is 0 Å². The summed E-state index contributed by atoms with van der Waals surface area (Å²) in [5, 5.41) is 5.40. The van der Waals surface area contributed by atoms with Crippen molar-refractivity contribution in [2.75, 3.05) is 11.9 Å². The van der Waals surface area contributed by atoms with E-state index in [2.05, 4.69) is 10.6 Å². The molecule has 0 atom stereocenters. The second-order valence-electron chi connectivity index (χ2n) is 4.30. The Hall–Kier alpha value is -2.75. The van der Waals surface area contributed by atoms with Gasteiger partial charge in [0.1, 0.15) is 5.75 Å². The Morgan fingerprint density at radius 2 is 1.81 bits per heavy atom. The molecule has 0 aliphatic carbocycles. The van der Waals surface area contributed by atoms with Crippen molar-refractivity contribution in [1.29, 1.82) is 0 Å². The molecule has 0 aliphatic rings. The molecular weight excluding hydrogens is 264 g/mol. The van der Waals surface area contributed by atoms with Crippen LogP contribution < -0.4 is 15.4 Å². The van der Waals surface area contributed by atoms with Crippen LogP contribution in [0.25, 0.3) is 6.08 Å². The third-order valence-corrected chi connectivity index (χ3v) is 2.71. The molecule has 21 heavy (non-hydrogen) atoms. The Morgan fingerprint density at radius 3 is 2.48 bits per heavy atom. The van der Waals surface area contributed by atoms with Crippen molar-refractivity contribution < 1.29 is 9.53 Å². The van der Waals surface area contributed by atoms with Crippen LogP contribution in [0.1, 0.15) is 12.5 Å². The standard InChI is InChI=1S/C17H18N2O2/c1-2-21-16-10-8-15(9-11-16)19-17(20)18-13-12-14-6-4-3-5-7-14/h3-13H,2H2,1H3,(H2,18,19,20)/b13-12+. The van der Waals surface area contributed by atoms with E-state index in [0.29, 0.717) is 12.3 Å². The Kier molecular flexibility index (Phi) is 5.41. The van der Waals surface area contributed by atoms with Crippen LogP contribution in [0.2, 0.25) is 0 Å². The number of nitrogens with one attached hydrogen (secondary N) is 2. The predicted molar refractivity (Wildman–Crippen MR) is 85.2 cm³/mol. The smallest absolute Gasteiger partial charge is 0.323 e. The Morgan fingerprint density at radius 1 is 1.10 bits per heavy atom. The van der Waals surface area contributed by atoms with Gasteiger partial charge in [0.05, 0.1) is 6.61 Å². The fraction of sp³-hybridized carbons (Fsp3) is 0.118. The lowest BCUT2D eigenvalue weighted by Gasteiger charge is -2.06. The molecule has 0 spiro atoms. The minimum Gasteiger partial charge on any atom is -0.494 e. The first kappa shape index (κ1) is 14.7. The van der Waals surface area contributed by atoms with Crippen molar-refractivity contribution in [2.45, 2.75) is 6.92 Å². The molecule has 0 aromatic heterocycles. The molecule has 0 saturated carbocycles. The van der Waals surface area contributed by atoms with E-state index in [9.17, 15) is 4.79 Å². The van der Waals surface area contributed by atoms with E-state index in [1.165, 1.54) is 0 Å². The molecule has 108 valence electrons. The monoisotopic (exact) mass is 282 g/mol. The molecule has 0 fully saturated rings. The van der Waals surface area contributed by atoms with E-state index in [-0.39, 0.29) is 6.03 Å². The third-order valence-electron chi connectivity index (χ3n) is 2.71. The van der Waals surface area contributed by atoms with Crippen LogP contribution in [0.5, 0.6) is 5.75 Å². The molecule has 0 radical (unpaired) electrons. The molecule has 4 heteroatoms. The van der Waals surface area contributed by atoms with Gasteiger partial charge in [-0.25, -0.2) is 4.79 Å². The maximum absolute atomic E-state index is 11.7. The Balaban J connectivity index is 1.83. The van der Waals surface area contributed by atoms with Gasteiger partial charge in [0, 0.05) is 11.9 Å². The van der Waals surface area contributed by atoms with Crippen LogP contribution in [-0.4, -0.2) is 12.6 Å². The summed E-state index contributed by atoms with van der Waals surface area (Å²) in [7, 11) is 0. The van der Waals surface area contributed by atoms with Gasteiger partial charge < -0.3 is 15.4 Å². The number of carbonyl (C=O) groups is 1. The van der Waals surface area contributed by atoms with Crippen molar-refractivity contribution in [3.05, 3.63) is 66.4 Å². The van der Waals surface area contributed by atoms with Crippen molar-refractivity contribution in [3.63, 3.8) is 0 Å². The second-order valence-corrected chi connectivity index (χ2v) is 4.30. The fourth-order valence-electron chi connectivity index (χ4n) is 1.75. The Labute approximate surface area is 124 Å². The number of rotatable bonds is 5. The summed E-state index contributed by atoms with van der Waals surface area (Å²) in [6, 6.07) is 16.7. The summed E-state index contributed by atoms with van der Waals surface area (Å²) in [5.41, 5.74) is 1.74. The molecule has 2 N–H and O–H groups in total. The van der Waals surface area contributed by atoms with Crippen LogP contribution in [-0.2, 0) is 0 Å². The number of amides is 2. The van der Waals surface area contributed by atoms with E-state index >= 15 is 0 Å². The summed E-state index contributed by atoms with van der Waals surface area (Å²) in [6.07, 6.45) is 3.44. The number of urea groups is 1. The number of hydrogen-bond donors (Lipinski definition) is 2. The zero-order valence-electron chi connectivity index (χ0n) is 11.9. The first-order chi connectivity index (χ1) is 10.3. The average Bonchev–Trinajstić information content (AvgIpc) is 2.51. The lowest BCUT2D eigenvalue weighted by atomic mass is 10.2. The normalized spacial score (nSPS) is 10.3. The third kappa shape index (κ3) is 5.03. The average molecular weight is 282 g/mol. The van der Waals surface area contributed by atoms with E-state index < -0.39 is 0 Å². The quantitative estimate of drug-likeness (QED) is 0.874. The van der Waals surface area contributed by atoms with Crippen LogP contribution in [0.3, 0.4) is 0 Å². The van der Waals surface area contributed by atoms with Crippen LogP contribution >= 0.6 is 0 Å². The van der Waals surface area contributed by atoms with Gasteiger partial charge in [-0.15, -0.1) is 0 Å². The van der Waals surface area contributed by atoms with Gasteiger partial charge in [-0.3, -0.25) is 0 Å². The van der Waals surface area contributed by atoms with Crippen LogP contribution in [0.4, 0.5) is 10.5 Å². The van der Waals surface area contributed by atoms with E-state index in [1.807, 2.05) is 55.5 Å². The van der Waals surface area contributed by atoms with Gasteiger partial charge in [-0.05, 0) is 42.8 Å². The van der Waals surface area contributed by atoms with Gasteiger partial charge in [-0.1, -0.05) is 30.3 Å². The highest BCUT2D eigenvalue weighted by molar-refractivity contribution is 5.90. The summed E-state index contributed by atoms with van der Waals surface area (Å²) in [4.78, 5) is 11.7. The molecule has 0 heterocycles. The number of hydrogen-bond acceptors (Lipinski definition) is 2. The SMILES string of the molecule is CCOc1ccc(NC(=O)N/C=C/c2ccccc2)cc1. The van der Waals surface area contributed by atoms with Crippen molar-refractivity contribution >= 4 is 17.8 Å². The van der Waals surface area contributed by atoms with Crippen molar-refractivity contribution in [3.8, 4) is 5.75 Å². The summed E-state index contributed by atoms with van der Waals surface area (Å²) >= 11 is 0. The van der Waals surface area contributed by atoms with Crippen LogP contribution in [0, 0.1) is 0 Å². The van der Waals surface area contributed by atoms with E-state index in [1.54, 1.807) is 18.3 Å².